The van der Waals surface area contributed by atoms with Gasteiger partial charge in [0.15, 0.2) is 0 Å². The van der Waals surface area contributed by atoms with E-state index in [0.717, 1.165) is 12.8 Å². The van der Waals surface area contributed by atoms with Crippen LogP contribution in [0.15, 0.2) is 0 Å². The first kappa shape index (κ1) is 15.3. The number of hydrogen-bond acceptors (Lipinski definition) is 3. The second-order valence-corrected chi connectivity index (χ2v) is 5.66. The number of carboxylic acid groups (broad SMARTS) is 1. The van der Waals surface area contributed by atoms with Crippen LogP contribution in [0.4, 0.5) is 4.79 Å². The molecule has 3 amide bonds. The van der Waals surface area contributed by atoms with Crippen LogP contribution in [0.2, 0.25) is 0 Å². The molecule has 1 aliphatic heterocycles. The van der Waals surface area contributed by atoms with E-state index in [4.69, 9.17) is 10.8 Å². The van der Waals surface area contributed by atoms with Gasteiger partial charge in [0.2, 0.25) is 5.91 Å². The highest BCUT2D eigenvalue weighted by molar-refractivity contribution is 5.87. The molecule has 7 heteroatoms. The average molecular weight is 271 g/mol. The molecule has 0 aromatic carbocycles. The molecule has 1 saturated heterocycles. The molecule has 0 aliphatic carbocycles. The molecule has 0 radical (unpaired) electrons. The summed E-state index contributed by atoms with van der Waals surface area (Å²) in [7, 11) is 0. The molecule has 0 saturated carbocycles. The summed E-state index contributed by atoms with van der Waals surface area (Å²) in [4.78, 5) is 35.1. The van der Waals surface area contributed by atoms with Crippen LogP contribution < -0.4 is 11.1 Å². The molecule has 4 N–H and O–H groups in total. The lowest BCUT2D eigenvalue weighted by Gasteiger charge is -2.37. The van der Waals surface area contributed by atoms with Gasteiger partial charge in [0.05, 0.1) is 6.42 Å². The summed E-state index contributed by atoms with van der Waals surface area (Å²) in [6.07, 6.45) is 1.34. The average Bonchev–Trinajstić information content (AvgIpc) is 2.27. The van der Waals surface area contributed by atoms with Crippen molar-refractivity contribution in [1.29, 1.82) is 0 Å². The Hall–Kier alpha value is -1.79. The molecule has 7 nitrogen and oxygen atoms in total. The van der Waals surface area contributed by atoms with Gasteiger partial charge < -0.3 is 21.1 Å². The molecule has 19 heavy (non-hydrogen) atoms. The summed E-state index contributed by atoms with van der Waals surface area (Å²) in [5.41, 5.74) is 5.16. The van der Waals surface area contributed by atoms with Gasteiger partial charge in [-0.3, -0.25) is 4.79 Å². The zero-order valence-corrected chi connectivity index (χ0v) is 11.3. The minimum atomic E-state index is -1.26. The molecular formula is C12H21N3O4. The van der Waals surface area contributed by atoms with E-state index in [0.29, 0.717) is 13.1 Å². The van der Waals surface area contributed by atoms with Crippen LogP contribution in [0, 0.1) is 5.41 Å². The van der Waals surface area contributed by atoms with Crippen molar-refractivity contribution in [3.63, 3.8) is 0 Å². The number of carbonyl (C=O) groups is 3. The third-order valence-corrected chi connectivity index (χ3v) is 3.41. The van der Waals surface area contributed by atoms with Crippen molar-refractivity contribution in [1.82, 2.24) is 10.2 Å². The number of rotatable bonds is 4. The molecule has 1 aliphatic rings. The van der Waals surface area contributed by atoms with E-state index in [1.54, 1.807) is 4.90 Å². The van der Waals surface area contributed by atoms with Crippen LogP contribution in [0.5, 0.6) is 0 Å². The number of piperidine rings is 1. The van der Waals surface area contributed by atoms with Crippen molar-refractivity contribution in [2.45, 2.75) is 39.2 Å². The number of amides is 3. The van der Waals surface area contributed by atoms with E-state index < -0.39 is 30.4 Å². The van der Waals surface area contributed by atoms with Crippen molar-refractivity contribution in [2.75, 3.05) is 13.1 Å². The topological polar surface area (TPSA) is 113 Å². The lowest BCUT2D eigenvalue weighted by Crippen LogP contribution is -2.51. The molecule has 108 valence electrons. The molecule has 0 bridgehead atoms. The fourth-order valence-electron chi connectivity index (χ4n) is 1.96. The highest BCUT2D eigenvalue weighted by Gasteiger charge is 2.30. The van der Waals surface area contributed by atoms with Gasteiger partial charge in [0.1, 0.15) is 6.04 Å². The summed E-state index contributed by atoms with van der Waals surface area (Å²) in [5.74, 6) is -2.02. The van der Waals surface area contributed by atoms with Crippen molar-refractivity contribution in [3.05, 3.63) is 0 Å². The summed E-state index contributed by atoms with van der Waals surface area (Å²) < 4.78 is 0. The van der Waals surface area contributed by atoms with E-state index in [1.165, 1.54) is 0 Å². The largest absolute Gasteiger partial charge is 0.480 e. The van der Waals surface area contributed by atoms with Crippen LogP contribution in [-0.4, -0.2) is 47.0 Å². The highest BCUT2D eigenvalue weighted by atomic mass is 16.4. The molecule has 1 rings (SSSR count). The van der Waals surface area contributed by atoms with Gasteiger partial charge in [-0.2, -0.15) is 0 Å². The van der Waals surface area contributed by atoms with Gasteiger partial charge in [0.25, 0.3) is 0 Å². The van der Waals surface area contributed by atoms with Gasteiger partial charge in [-0.1, -0.05) is 13.8 Å². The number of carbonyl (C=O) groups excluding carboxylic acids is 2. The smallest absolute Gasteiger partial charge is 0.326 e. The fraction of sp³-hybridized carbons (Fsp3) is 0.750. The van der Waals surface area contributed by atoms with E-state index >= 15 is 0 Å². The maximum atomic E-state index is 11.9. The first-order valence-electron chi connectivity index (χ1n) is 6.28. The predicted octanol–water partition coefficient (Wildman–Crippen LogP) is 0.147. The van der Waals surface area contributed by atoms with Gasteiger partial charge in [-0.15, -0.1) is 0 Å². The summed E-state index contributed by atoms with van der Waals surface area (Å²) in [5, 5.41) is 11.2. The van der Waals surface area contributed by atoms with Gasteiger partial charge in [-0.05, 0) is 18.3 Å². The lowest BCUT2D eigenvalue weighted by atomic mass is 9.83. The van der Waals surface area contributed by atoms with Crippen LogP contribution >= 0.6 is 0 Å². The van der Waals surface area contributed by atoms with Crippen molar-refractivity contribution < 1.29 is 19.5 Å². The molecule has 1 unspecified atom stereocenters. The third-order valence-electron chi connectivity index (χ3n) is 3.41. The third kappa shape index (κ3) is 4.76. The maximum Gasteiger partial charge on any atom is 0.326 e. The maximum absolute atomic E-state index is 11.9. The molecule has 0 aromatic heterocycles. The zero-order chi connectivity index (χ0) is 14.6. The number of hydrogen-bond donors (Lipinski definition) is 3. The monoisotopic (exact) mass is 271 g/mol. The number of urea groups is 1. The van der Waals surface area contributed by atoms with Gasteiger partial charge in [-0.25, -0.2) is 9.59 Å². The van der Waals surface area contributed by atoms with E-state index in [-0.39, 0.29) is 5.41 Å². The second-order valence-electron chi connectivity index (χ2n) is 5.66. The number of nitrogens with two attached hydrogens (primary N) is 1. The Kier molecular flexibility index (Phi) is 4.74. The number of carboxylic acids is 1. The lowest BCUT2D eigenvalue weighted by molar-refractivity contribution is -0.141. The Morgan fingerprint density at radius 3 is 2.26 bits per heavy atom. The first-order valence-corrected chi connectivity index (χ1v) is 6.28. The molecule has 1 fully saturated rings. The minimum absolute atomic E-state index is 0.205. The second kappa shape index (κ2) is 5.90. The number of likely N-dealkylation sites (tertiary alicyclic amines) is 1. The number of primary amides is 1. The number of aliphatic carboxylic acids is 1. The molecule has 1 heterocycles. The molecule has 0 spiro atoms. The Labute approximate surface area is 112 Å². The Bertz CT molecular complexity index is 371. The van der Waals surface area contributed by atoms with Crippen molar-refractivity contribution >= 4 is 17.9 Å². The van der Waals surface area contributed by atoms with Crippen LogP contribution in [0.1, 0.15) is 33.1 Å². The SMILES string of the molecule is CC1(C)CCN(C(=O)NC(CC(N)=O)C(=O)O)CC1. The Morgan fingerprint density at radius 2 is 1.84 bits per heavy atom. The summed E-state index contributed by atoms with van der Waals surface area (Å²) in [6, 6.07) is -1.72. The van der Waals surface area contributed by atoms with Gasteiger partial charge >= 0.3 is 12.0 Å². The van der Waals surface area contributed by atoms with Gasteiger partial charge in [0, 0.05) is 13.1 Å². The zero-order valence-electron chi connectivity index (χ0n) is 11.3. The standard InChI is InChI=1S/C12H21N3O4/c1-12(2)3-5-15(6-4-12)11(19)14-8(10(17)18)7-9(13)16/h8H,3-7H2,1-2H3,(H2,13,16)(H,14,19)(H,17,18). The quantitative estimate of drug-likeness (QED) is 0.675. The highest BCUT2D eigenvalue weighted by Crippen LogP contribution is 2.29. The molecule has 1 atom stereocenters. The van der Waals surface area contributed by atoms with E-state index in [2.05, 4.69) is 19.2 Å². The minimum Gasteiger partial charge on any atom is -0.480 e. The molecule has 0 aromatic rings. The fourth-order valence-corrected chi connectivity index (χ4v) is 1.96. The van der Waals surface area contributed by atoms with Crippen LogP contribution in [0.3, 0.4) is 0 Å². The van der Waals surface area contributed by atoms with Crippen LogP contribution in [0.25, 0.3) is 0 Å². The Balaban J connectivity index is 2.53. The van der Waals surface area contributed by atoms with Crippen molar-refractivity contribution in [3.8, 4) is 0 Å². The molecular weight excluding hydrogens is 250 g/mol. The Morgan fingerprint density at radius 1 is 1.32 bits per heavy atom. The number of nitrogens with zero attached hydrogens (tertiary/aromatic N) is 1. The van der Waals surface area contributed by atoms with E-state index in [9.17, 15) is 14.4 Å². The van der Waals surface area contributed by atoms with Crippen molar-refractivity contribution in [2.24, 2.45) is 11.1 Å². The summed E-state index contributed by atoms with van der Waals surface area (Å²) >= 11 is 0. The van der Waals surface area contributed by atoms with Crippen LogP contribution in [-0.2, 0) is 9.59 Å². The first-order chi connectivity index (χ1) is 8.71. The normalized spacial score (nSPS) is 19.6. The van der Waals surface area contributed by atoms with E-state index in [1.807, 2.05) is 0 Å². The predicted molar refractivity (Wildman–Crippen MR) is 68.4 cm³/mol. The number of nitrogens with one attached hydrogen (secondary N) is 1. The summed E-state index contributed by atoms with van der Waals surface area (Å²) in [6.45, 7) is 5.44.